The molecule has 1 aromatic heterocycles. The van der Waals surface area contributed by atoms with Crippen molar-refractivity contribution < 1.29 is 9.90 Å². The van der Waals surface area contributed by atoms with Crippen molar-refractivity contribution in [3.8, 4) is 0 Å². The molecule has 1 amide bonds. The molecule has 0 aromatic carbocycles. The summed E-state index contributed by atoms with van der Waals surface area (Å²) in [7, 11) is 0. The fourth-order valence-corrected chi connectivity index (χ4v) is 2.44. The Morgan fingerprint density at radius 1 is 1.61 bits per heavy atom. The van der Waals surface area contributed by atoms with Crippen LogP contribution in [0, 0.1) is 5.92 Å². The maximum Gasteiger partial charge on any atom is 0.222 e. The third kappa shape index (κ3) is 3.32. The van der Waals surface area contributed by atoms with Gasteiger partial charge in [-0.2, -0.15) is 5.10 Å². The molecule has 0 radical (unpaired) electrons. The van der Waals surface area contributed by atoms with Crippen LogP contribution in [0.15, 0.2) is 18.5 Å². The first-order chi connectivity index (χ1) is 8.69. The predicted octanol–water partition coefficient (Wildman–Crippen LogP) is 0.939. The quantitative estimate of drug-likeness (QED) is 0.790. The van der Waals surface area contributed by atoms with Crippen molar-refractivity contribution in [2.24, 2.45) is 5.92 Å². The summed E-state index contributed by atoms with van der Waals surface area (Å²) in [6.07, 6.45) is 6.41. The van der Waals surface area contributed by atoms with Gasteiger partial charge in [-0.05, 0) is 31.2 Å². The van der Waals surface area contributed by atoms with E-state index < -0.39 is 0 Å². The van der Waals surface area contributed by atoms with E-state index in [4.69, 9.17) is 0 Å². The van der Waals surface area contributed by atoms with Gasteiger partial charge in [0.1, 0.15) is 0 Å². The lowest BCUT2D eigenvalue weighted by Crippen LogP contribution is -2.46. The van der Waals surface area contributed by atoms with Crippen LogP contribution >= 0.6 is 0 Å². The Kier molecular flexibility index (Phi) is 4.36. The average molecular weight is 251 g/mol. The summed E-state index contributed by atoms with van der Waals surface area (Å²) in [5.74, 6) is 0.511. The zero-order valence-corrected chi connectivity index (χ0v) is 10.7. The van der Waals surface area contributed by atoms with Crippen molar-refractivity contribution in [1.29, 1.82) is 0 Å². The van der Waals surface area contributed by atoms with Gasteiger partial charge in [-0.15, -0.1) is 0 Å². The van der Waals surface area contributed by atoms with E-state index in [0.29, 0.717) is 18.9 Å². The highest BCUT2D eigenvalue weighted by Crippen LogP contribution is 2.31. The molecule has 5 heteroatoms. The van der Waals surface area contributed by atoms with Crippen LogP contribution in [0.5, 0.6) is 0 Å². The van der Waals surface area contributed by atoms with Crippen LogP contribution in [0.4, 0.5) is 0 Å². The standard InChI is InChI=1S/C13H21N3O2/c1-2-12(10-8-11(17)9-10)15-13(18)4-7-16-6-3-5-14-16/h3,5-6,10-12,17H,2,4,7-9H2,1H3,(H,15,18)/t10?,11?,12-/m1/s1. The number of rotatable bonds is 6. The lowest BCUT2D eigenvalue weighted by atomic mass is 9.76. The van der Waals surface area contributed by atoms with Gasteiger partial charge in [-0.1, -0.05) is 6.92 Å². The number of aryl methyl sites for hydroxylation is 1. The molecule has 2 rings (SSSR count). The highest BCUT2D eigenvalue weighted by molar-refractivity contribution is 5.76. The van der Waals surface area contributed by atoms with Crippen LogP contribution in [-0.2, 0) is 11.3 Å². The first-order valence-corrected chi connectivity index (χ1v) is 6.64. The number of hydrogen-bond acceptors (Lipinski definition) is 3. The van der Waals surface area contributed by atoms with Crippen LogP contribution in [0.25, 0.3) is 0 Å². The summed E-state index contributed by atoms with van der Waals surface area (Å²) >= 11 is 0. The molecular weight excluding hydrogens is 230 g/mol. The zero-order chi connectivity index (χ0) is 13.0. The number of nitrogens with zero attached hydrogens (tertiary/aromatic N) is 2. The zero-order valence-electron chi connectivity index (χ0n) is 10.7. The van der Waals surface area contributed by atoms with E-state index in [1.807, 2.05) is 12.3 Å². The Hall–Kier alpha value is -1.36. The second-order valence-corrected chi connectivity index (χ2v) is 4.99. The van der Waals surface area contributed by atoms with Crippen molar-refractivity contribution in [3.63, 3.8) is 0 Å². The van der Waals surface area contributed by atoms with Gasteiger partial charge in [0.05, 0.1) is 6.10 Å². The second-order valence-electron chi connectivity index (χ2n) is 4.99. The van der Waals surface area contributed by atoms with Gasteiger partial charge >= 0.3 is 0 Å². The maximum atomic E-state index is 11.8. The van der Waals surface area contributed by atoms with E-state index in [9.17, 15) is 9.90 Å². The summed E-state index contributed by atoms with van der Waals surface area (Å²) in [5, 5.41) is 16.4. The summed E-state index contributed by atoms with van der Waals surface area (Å²) in [6.45, 7) is 2.69. The molecule has 0 saturated heterocycles. The van der Waals surface area contributed by atoms with Crippen molar-refractivity contribution in [1.82, 2.24) is 15.1 Å². The number of aliphatic hydroxyl groups excluding tert-OH is 1. The largest absolute Gasteiger partial charge is 0.393 e. The smallest absolute Gasteiger partial charge is 0.222 e. The fraction of sp³-hybridized carbons (Fsp3) is 0.692. The Bertz CT molecular complexity index is 372. The summed E-state index contributed by atoms with van der Waals surface area (Å²) in [5.41, 5.74) is 0. The van der Waals surface area contributed by atoms with Gasteiger partial charge in [-0.3, -0.25) is 9.48 Å². The van der Waals surface area contributed by atoms with Crippen LogP contribution in [-0.4, -0.2) is 32.9 Å². The van der Waals surface area contributed by atoms with E-state index in [0.717, 1.165) is 19.3 Å². The normalized spacial score (nSPS) is 24.3. The van der Waals surface area contributed by atoms with Gasteiger partial charge in [0, 0.05) is 31.4 Å². The van der Waals surface area contributed by atoms with Gasteiger partial charge in [0.25, 0.3) is 0 Å². The van der Waals surface area contributed by atoms with Crippen LogP contribution in [0.2, 0.25) is 0 Å². The number of nitrogens with one attached hydrogen (secondary N) is 1. The minimum atomic E-state index is -0.162. The Morgan fingerprint density at radius 3 is 2.94 bits per heavy atom. The van der Waals surface area contributed by atoms with Crippen molar-refractivity contribution >= 4 is 5.91 Å². The molecule has 0 unspecified atom stereocenters. The SMILES string of the molecule is CC[C@@H](NC(=O)CCn1cccn1)C1CC(O)C1. The average Bonchev–Trinajstić information content (AvgIpc) is 2.83. The molecule has 1 saturated carbocycles. The second kappa shape index (κ2) is 6.00. The topological polar surface area (TPSA) is 67.2 Å². The van der Waals surface area contributed by atoms with E-state index in [1.165, 1.54) is 0 Å². The minimum Gasteiger partial charge on any atom is -0.393 e. The van der Waals surface area contributed by atoms with Gasteiger partial charge in [0.15, 0.2) is 0 Å². The summed E-state index contributed by atoms with van der Waals surface area (Å²) in [6, 6.07) is 2.06. The van der Waals surface area contributed by atoms with Gasteiger partial charge in [0.2, 0.25) is 5.91 Å². The van der Waals surface area contributed by atoms with Crippen LogP contribution in [0.3, 0.4) is 0 Å². The molecule has 0 spiro atoms. The first kappa shape index (κ1) is 13.1. The van der Waals surface area contributed by atoms with Crippen LogP contribution in [0.1, 0.15) is 32.6 Å². The molecular formula is C13H21N3O2. The monoisotopic (exact) mass is 251 g/mol. The molecule has 0 aliphatic heterocycles. The lowest BCUT2D eigenvalue weighted by molar-refractivity contribution is -0.123. The van der Waals surface area contributed by atoms with E-state index in [1.54, 1.807) is 10.9 Å². The lowest BCUT2D eigenvalue weighted by Gasteiger charge is -2.37. The fourth-order valence-electron chi connectivity index (χ4n) is 2.44. The number of hydrogen-bond donors (Lipinski definition) is 2. The molecule has 5 nitrogen and oxygen atoms in total. The van der Waals surface area contributed by atoms with Crippen molar-refractivity contribution in [2.45, 2.75) is 51.3 Å². The third-order valence-electron chi connectivity index (χ3n) is 3.63. The maximum absolute atomic E-state index is 11.8. The molecule has 18 heavy (non-hydrogen) atoms. The molecule has 0 bridgehead atoms. The molecule has 1 heterocycles. The summed E-state index contributed by atoms with van der Waals surface area (Å²) < 4.78 is 1.76. The number of aromatic nitrogens is 2. The number of carbonyl (C=O) groups is 1. The number of aliphatic hydroxyl groups is 1. The summed E-state index contributed by atoms with van der Waals surface area (Å²) in [4.78, 5) is 11.8. The highest BCUT2D eigenvalue weighted by Gasteiger charge is 2.33. The minimum absolute atomic E-state index is 0.0683. The Balaban J connectivity index is 1.72. The predicted molar refractivity (Wildman–Crippen MR) is 67.8 cm³/mol. The van der Waals surface area contributed by atoms with Crippen LogP contribution < -0.4 is 5.32 Å². The molecule has 1 fully saturated rings. The molecule has 1 aliphatic rings. The van der Waals surface area contributed by atoms with Gasteiger partial charge < -0.3 is 10.4 Å². The van der Waals surface area contributed by atoms with E-state index in [-0.39, 0.29) is 18.1 Å². The third-order valence-corrected chi connectivity index (χ3v) is 3.63. The van der Waals surface area contributed by atoms with Crippen molar-refractivity contribution in [2.75, 3.05) is 0 Å². The Morgan fingerprint density at radius 2 is 2.39 bits per heavy atom. The number of amides is 1. The van der Waals surface area contributed by atoms with E-state index >= 15 is 0 Å². The molecule has 1 aromatic rings. The molecule has 1 atom stereocenters. The number of carbonyl (C=O) groups excluding carboxylic acids is 1. The first-order valence-electron chi connectivity index (χ1n) is 6.64. The van der Waals surface area contributed by atoms with E-state index in [2.05, 4.69) is 17.3 Å². The molecule has 1 aliphatic carbocycles. The Labute approximate surface area is 107 Å². The molecule has 2 N–H and O–H groups in total. The molecule has 100 valence electrons. The highest BCUT2D eigenvalue weighted by atomic mass is 16.3. The van der Waals surface area contributed by atoms with Gasteiger partial charge in [-0.25, -0.2) is 0 Å². The van der Waals surface area contributed by atoms with Crippen molar-refractivity contribution in [3.05, 3.63) is 18.5 Å².